The molecule has 2 aromatic carbocycles. The van der Waals surface area contributed by atoms with E-state index in [-0.39, 0.29) is 24.4 Å². The van der Waals surface area contributed by atoms with Crippen molar-refractivity contribution in [1.29, 1.82) is 0 Å². The average Bonchev–Trinajstić information content (AvgIpc) is 3.30. The van der Waals surface area contributed by atoms with E-state index in [0.29, 0.717) is 17.1 Å². The Bertz CT molecular complexity index is 1330. The lowest BCUT2D eigenvalue weighted by Gasteiger charge is -2.22. The second-order valence-electron chi connectivity index (χ2n) is 8.75. The van der Waals surface area contributed by atoms with Crippen molar-refractivity contribution in [2.45, 2.75) is 32.7 Å². The first-order valence-corrected chi connectivity index (χ1v) is 11.0. The number of benzene rings is 2. The fourth-order valence-corrected chi connectivity index (χ4v) is 5.04. The fraction of sp³-hybridized carbons (Fsp3) is 0.308. The number of aromatic nitrogens is 1. The summed E-state index contributed by atoms with van der Waals surface area (Å²) in [5.74, 6) is 0.353. The van der Waals surface area contributed by atoms with E-state index in [1.807, 2.05) is 30.3 Å². The Balaban J connectivity index is 1.84. The number of imide groups is 1. The molecule has 1 unspecified atom stereocenters. The van der Waals surface area contributed by atoms with Gasteiger partial charge in [0.2, 0.25) is 5.91 Å². The highest BCUT2D eigenvalue weighted by molar-refractivity contribution is 6.11. The second kappa shape index (κ2) is 7.69. The third-order valence-electron chi connectivity index (χ3n) is 6.58. The van der Waals surface area contributed by atoms with Gasteiger partial charge in [-0.3, -0.25) is 14.5 Å². The van der Waals surface area contributed by atoms with Crippen LogP contribution in [0, 0.1) is 0 Å². The maximum Gasteiger partial charge on any atom is 0.259 e. The second-order valence-corrected chi connectivity index (χ2v) is 8.75. The molecule has 1 aromatic heterocycles. The highest BCUT2D eigenvalue weighted by Crippen LogP contribution is 2.49. The molecular formula is C26H27N3O4. The van der Waals surface area contributed by atoms with Crippen molar-refractivity contribution in [3.05, 3.63) is 65.0 Å². The molecule has 1 atom stereocenters. The Morgan fingerprint density at radius 2 is 1.91 bits per heavy atom. The van der Waals surface area contributed by atoms with Gasteiger partial charge < -0.3 is 19.4 Å². The molecule has 2 aliphatic rings. The average molecular weight is 446 g/mol. The standard InChI is InChI=1S/C26H27N3O4/c1-14(2)28-12-18-23(17-10-9-16(32-4)11-22(17)33-5)25-20(13-29(15(3)30)26(25)31)27-19-7-6-8-21(28)24(18)19/h6-12,14,23,27H,13H2,1-5H3. The topological polar surface area (TPSA) is 72.8 Å². The van der Waals surface area contributed by atoms with Crippen LogP contribution >= 0.6 is 0 Å². The molecule has 2 aliphatic heterocycles. The molecule has 0 fully saturated rings. The van der Waals surface area contributed by atoms with E-state index >= 15 is 0 Å². The Morgan fingerprint density at radius 1 is 1.12 bits per heavy atom. The maximum atomic E-state index is 13.6. The third-order valence-corrected chi connectivity index (χ3v) is 6.58. The Labute approximate surface area is 192 Å². The van der Waals surface area contributed by atoms with Crippen LogP contribution in [0.2, 0.25) is 0 Å². The Hall–Kier alpha value is -3.74. The predicted molar refractivity (Wildman–Crippen MR) is 127 cm³/mol. The van der Waals surface area contributed by atoms with Gasteiger partial charge in [0.05, 0.1) is 31.9 Å². The Kier molecular flexibility index (Phi) is 4.92. The van der Waals surface area contributed by atoms with Gasteiger partial charge in [-0.2, -0.15) is 0 Å². The summed E-state index contributed by atoms with van der Waals surface area (Å²) in [4.78, 5) is 27.2. The van der Waals surface area contributed by atoms with Crippen molar-refractivity contribution in [3.8, 4) is 11.5 Å². The van der Waals surface area contributed by atoms with E-state index in [1.54, 1.807) is 14.2 Å². The molecule has 7 heteroatoms. The molecule has 7 nitrogen and oxygen atoms in total. The molecule has 0 spiro atoms. The maximum absolute atomic E-state index is 13.6. The fourth-order valence-electron chi connectivity index (χ4n) is 5.04. The van der Waals surface area contributed by atoms with E-state index in [1.165, 1.54) is 11.8 Å². The van der Waals surface area contributed by atoms with Crippen LogP contribution in [0.15, 0.2) is 53.9 Å². The van der Waals surface area contributed by atoms with Gasteiger partial charge in [0.25, 0.3) is 5.91 Å². The summed E-state index contributed by atoms with van der Waals surface area (Å²) in [6.07, 6.45) is 2.13. The number of hydrogen-bond acceptors (Lipinski definition) is 5. The first-order chi connectivity index (χ1) is 15.8. The van der Waals surface area contributed by atoms with Crippen LogP contribution in [0.3, 0.4) is 0 Å². The van der Waals surface area contributed by atoms with E-state index < -0.39 is 5.92 Å². The van der Waals surface area contributed by atoms with E-state index in [2.05, 4.69) is 36.0 Å². The lowest BCUT2D eigenvalue weighted by Crippen LogP contribution is -2.33. The van der Waals surface area contributed by atoms with Crippen molar-refractivity contribution in [2.75, 3.05) is 26.1 Å². The number of carbonyl (C=O) groups excluding carboxylic acids is 2. The van der Waals surface area contributed by atoms with Crippen LogP contribution in [-0.2, 0) is 9.59 Å². The minimum atomic E-state index is -0.406. The smallest absolute Gasteiger partial charge is 0.259 e. The van der Waals surface area contributed by atoms with Crippen molar-refractivity contribution in [2.24, 2.45) is 0 Å². The quantitative estimate of drug-likeness (QED) is 0.643. The monoisotopic (exact) mass is 445 g/mol. The molecule has 0 bridgehead atoms. The summed E-state index contributed by atoms with van der Waals surface area (Å²) in [5.41, 5.74) is 5.22. The third kappa shape index (κ3) is 3.10. The summed E-state index contributed by atoms with van der Waals surface area (Å²) in [6.45, 7) is 5.93. The molecule has 3 heterocycles. The highest BCUT2D eigenvalue weighted by Gasteiger charge is 2.42. The zero-order valence-corrected chi connectivity index (χ0v) is 19.4. The van der Waals surface area contributed by atoms with Gasteiger partial charge >= 0.3 is 0 Å². The van der Waals surface area contributed by atoms with Crippen LogP contribution in [0.25, 0.3) is 10.9 Å². The van der Waals surface area contributed by atoms with Crippen molar-refractivity contribution >= 4 is 28.4 Å². The normalized spacial score (nSPS) is 17.3. The molecule has 5 rings (SSSR count). The number of anilines is 1. The minimum Gasteiger partial charge on any atom is -0.497 e. The molecule has 3 aromatic rings. The van der Waals surface area contributed by atoms with Gasteiger partial charge in [-0.25, -0.2) is 0 Å². The van der Waals surface area contributed by atoms with E-state index in [0.717, 1.165) is 33.4 Å². The van der Waals surface area contributed by atoms with Gasteiger partial charge in [0, 0.05) is 53.5 Å². The molecule has 33 heavy (non-hydrogen) atoms. The molecule has 0 saturated heterocycles. The lowest BCUT2D eigenvalue weighted by atomic mass is 9.84. The molecule has 1 N–H and O–H groups in total. The SMILES string of the molecule is COc1ccc(C2C3=C(CN(C(C)=O)C3=O)Nc3cccc4c3c2cn4C(C)C)c(OC)c1. The largest absolute Gasteiger partial charge is 0.497 e. The number of amides is 2. The first-order valence-electron chi connectivity index (χ1n) is 11.0. The van der Waals surface area contributed by atoms with E-state index in [9.17, 15) is 9.59 Å². The summed E-state index contributed by atoms with van der Waals surface area (Å²) in [5, 5.41) is 4.57. The summed E-state index contributed by atoms with van der Waals surface area (Å²) >= 11 is 0. The molecule has 0 aliphatic carbocycles. The van der Waals surface area contributed by atoms with Crippen LogP contribution in [0.4, 0.5) is 5.69 Å². The van der Waals surface area contributed by atoms with Gasteiger partial charge in [0.1, 0.15) is 11.5 Å². The zero-order valence-electron chi connectivity index (χ0n) is 19.4. The number of hydrogen-bond donors (Lipinski definition) is 1. The molecule has 170 valence electrons. The minimum absolute atomic E-state index is 0.226. The van der Waals surface area contributed by atoms with Crippen molar-refractivity contribution < 1.29 is 19.1 Å². The first kappa shape index (κ1) is 21.1. The van der Waals surface area contributed by atoms with Gasteiger partial charge in [-0.05, 0) is 37.6 Å². The Morgan fingerprint density at radius 3 is 2.58 bits per heavy atom. The number of rotatable bonds is 4. The lowest BCUT2D eigenvalue weighted by molar-refractivity contribution is -0.139. The van der Waals surface area contributed by atoms with Gasteiger partial charge in [-0.1, -0.05) is 12.1 Å². The summed E-state index contributed by atoms with van der Waals surface area (Å²) in [7, 11) is 3.22. The van der Waals surface area contributed by atoms with Gasteiger partial charge in [0.15, 0.2) is 0 Å². The number of nitrogens with zero attached hydrogens (tertiary/aromatic N) is 2. The highest BCUT2D eigenvalue weighted by atomic mass is 16.5. The summed E-state index contributed by atoms with van der Waals surface area (Å²) in [6, 6.07) is 12.0. The van der Waals surface area contributed by atoms with Crippen molar-refractivity contribution in [1.82, 2.24) is 9.47 Å². The predicted octanol–water partition coefficient (Wildman–Crippen LogP) is 4.44. The van der Waals surface area contributed by atoms with E-state index in [4.69, 9.17) is 9.47 Å². The van der Waals surface area contributed by atoms with Crippen LogP contribution < -0.4 is 14.8 Å². The van der Waals surface area contributed by atoms with Crippen molar-refractivity contribution in [3.63, 3.8) is 0 Å². The van der Waals surface area contributed by atoms with Gasteiger partial charge in [-0.15, -0.1) is 0 Å². The number of carbonyl (C=O) groups is 2. The number of methoxy groups -OCH3 is 2. The molecule has 0 radical (unpaired) electrons. The number of ether oxygens (including phenoxy) is 2. The molecule has 0 saturated carbocycles. The van der Waals surface area contributed by atoms with Crippen LogP contribution in [0.5, 0.6) is 11.5 Å². The molecular weight excluding hydrogens is 418 g/mol. The van der Waals surface area contributed by atoms with Crippen LogP contribution in [-0.4, -0.2) is 42.0 Å². The number of nitrogens with one attached hydrogen (secondary N) is 1. The molecule has 2 amide bonds. The summed E-state index contributed by atoms with van der Waals surface area (Å²) < 4.78 is 13.4. The zero-order chi connectivity index (χ0) is 23.4. The van der Waals surface area contributed by atoms with Crippen LogP contribution in [0.1, 0.15) is 43.9 Å².